The fourth-order valence-corrected chi connectivity index (χ4v) is 5.19. The zero-order valence-electron chi connectivity index (χ0n) is 18.1. The maximum Gasteiger partial charge on any atom is 0.243 e. The van der Waals surface area contributed by atoms with Gasteiger partial charge in [0.25, 0.3) is 0 Å². The first-order chi connectivity index (χ1) is 16.0. The number of hydrogen-bond donors (Lipinski definition) is 2. The third kappa shape index (κ3) is 6.32. The highest BCUT2D eigenvalue weighted by atomic mass is 32.2. The minimum atomic E-state index is -3.54. The maximum atomic E-state index is 13.1. The number of nitrogens with zero attached hydrogens (tertiary/aromatic N) is 4. The van der Waals surface area contributed by atoms with E-state index in [4.69, 9.17) is 12.2 Å². The van der Waals surface area contributed by atoms with Gasteiger partial charge < -0.3 is 10.6 Å². The van der Waals surface area contributed by atoms with Crippen LogP contribution in [0, 0.1) is 0 Å². The van der Waals surface area contributed by atoms with Crippen molar-refractivity contribution < 1.29 is 8.42 Å². The van der Waals surface area contributed by atoms with Crippen LogP contribution in [0.5, 0.6) is 0 Å². The van der Waals surface area contributed by atoms with Crippen molar-refractivity contribution >= 4 is 33.0 Å². The second-order valence-corrected chi connectivity index (χ2v) is 10.0. The van der Waals surface area contributed by atoms with Crippen LogP contribution in [0.2, 0.25) is 0 Å². The van der Waals surface area contributed by atoms with Crippen LogP contribution < -0.4 is 10.6 Å². The molecule has 0 radical (unpaired) electrons. The summed E-state index contributed by atoms with van der Waals surface area (Å²) in [6.07, 6.45) is 5.28. The summed E-state index contributed by atoms with van der Waals surface area (Å²) in [5.41, 5.74) is 2.77. The van der Waals surface area contributed by atoms with Gasteiger partial charge in [0.05, 0.1) is 17.1 Å². The normalized spacial score (nSPS) is 15.2. The summed E-state index contributed by atoms with van der Waals surface area (Å²) in [6.45, 7) is 3.62. The van der Waals surface area contributed by atoms with Gasteiger partial charge in [-0.1, -0.05) is 6.07 Å². The van der Waals surface area contributed by atoms with Crippen LogP contribution in [0.25, 0.3) is 0 Å². The van der Waals surface area contributed by atoms with Crippen molar-refractivity contribution in [2.75, 3.05) is 31.5 Å². The summed E-state index contributed by atoms with van der Waals surface area (Å²) in [7, 11) is -3.54. The zero-order chi connectivity index (χ0) is 23.1. The lowest BCUT2D eigenvalue weighted by Crippen LogP contribution is -2.48. The molecular formula is C23H26N6O2S2. The molecule has 1 saturated heterocycles. The number of aromatic nitrogens is 2. The fraction of sp³-hybridized carbons (Fsp3) is 0.261. The molecule has 0 unspecified atom stereocenters. The Morgan fingerprint density at radius 1 is 0.939 bits per heavy atom. The standard InChI is InChI=1S/C23H26N6O2S2/c30-33(31,29-15-13-28(14-16-29)18-19-8-11-24-12-9-19)22-6-4-20(5-7-22)27-23(32)26-17-21-3-1-2-10-25-21/h1-12H,13-18H2,(H2,26,27,32). The van der Waals surface area contributed by atoms with E-state index in [1.807, 2.05) is 30.3 Å². The molecule has 1 fully saturated rings. The van der Waals surface area contributed by atoms with Gasteiger partial charge in [-0.25, -0.2) is 8.42 Å². The summed E-state index contributed by atoms with van der Waals surface area (Å²) in [6, 6.07) is 16.3. The van der Waals surface area contributed by atoms with E-state index < -0.39 is 10.0 Å². The quantitative estimate of drug-likeness (QED) is 0.497. The molecule has 3 aromatic rings. The minimum Gasteiger partial charge on any atom is -0.357 e. The Hall–Kier alpha value is -2.92. The van der Waals surface area contributed by atoms with Gasteiger partial charge in [-0.3, -0.25) is 14.9 Å². The molecule has 2 aromatic heterocycles. The minimum absolute atomic E-state index is 0.281. The van der Waals surface area contributed by atoms with E-state index in [0.29, 0.717) is 37.8 Å². The van der Waals surface area contributed by atoms with Gasteiger partial charge in [-0.05, 0) is 66.3 Å². The van der Waals surface area contributed by atoms with Crippen LogP contribution in [-0.2, 0) is 23.1 Å². The number of benzene rings is 1. The molecule has 10 heteroatoms. The Morgan fingerprint density at radius 2 is 1.67 bits per heavy atom. The lowest BCUT2D eigenvalue weighted by molar-refractivity contribution is 0.181. The lowest BCUT2D eigenvalue weighted by Gasteiger charge is -2.34. The van der Waals surface area contributed by atoms with Gasteiger partial charge in [0.2, 0.25) is 10.0 Å². The molecule has 1 aliphatic rings. The van der Waals surface area contributed by atoms with Crippen molar-refractivity contribution in [3.8, 4) is 0 Å². The largest absolute Gasteiger partial charge is 0.357 e. The molecule has 0 amide bonds. The molecule has 2 N–H and O–H groups in total. The molecule has 1 aromatic carbocycles. The number of anilines is 1. The van der Waals surface area contributed by atoms with Crippen molar-refractivity contribution in [3.05, 3.63) is 84.4 Å². The van der Waals surface area contributed by atoms with Crippen molar-refractivity contribution in [1.82, 2.24) is 24.5 Å². The van der Waals surface area contributed by atoms with Gasteiger partial charge in [-0.2, -0.15) is 4.31 Å². The summed E-state index contributed by atoms with van der Waals surface area (Å²) < 4.78 is 27.7. The monoisotopic (exact) mass is 482 g/mol. The van der Waals surface area contributed by atoms with Crippen molar-refractivity contribution in [2.24, 2.45) is 0 Å². The zero-order valence-corrected chi connectivity index (χ0v) is 19.7. The van der Waals surface area contributed by atoms with E-state index in [1.165, 1.54) is 5.56 Å². The van der Waals surface area contributed by atoms with Crippen molar-refractivity contribution in [3.63, 3.8) is 0 Å². The molecule has 0 bridgehead atoms. The highest BCUT2D eigenvalue weighted by molar-refractivity contribution is 7.89. The lowest BCUT2D eigenvalue weighted by atomic mass is 10.2. The topological polar surface area (TPSA) is 90.5 Å². The number of piperazine rings is 1. The van der Waals surface area contributed by atoms with Gasteiger partial charge in [-0.15, -0.1) is 0 Å². The number of rotatable bonds is 7. The van der Waals surface area contributed by atoms with Gasteiger partial charge in [0.1, 0.15) is 0 Å². The number of hydrogen-bond acceptors (Lipinski definition) is 6. The van der Waals surface area contributed by atoms with Gasteiger partial charge in [0, 0.05) is 57.0 Å². The summed E-state index contributed by atoms with van der Waals surface area (Å²) in [5, 5.41) is 6.61. The molecule has 0 aliphatic carbocycles. The third-order valence-electron chi connectivity index (χ3n) is 5.39. The molecule has 0 atom stereocenters. The Bertz CT molecular complexity index is 1150. The van der Waals surface area contributed by atoms with E-state index >= 15 is 0 Å². The van der Waals surface area contributed by atoms with E-state index in [2.05, 4.69) is 25.5 Å². The molecular weight excluding hydrogens is 456 g/mol. The average Bonchev–Trinajstić information content (AvgIpc) is 2.85. The van der Waals surface area contributed by atoms with E-state index in [1.54, 1.807) is 47.2 Å². The van der Waals surface area contributed by atoms with E-state index in [-0.39, 0.29) is 4.90 Å². The molecule has 1 aliphatic heterocycles. The smallest absolute Gasteiger partial charge is 0.243 e. The van der Waals surface area contributed by atoms with Crippen molar-refractivity contribution in [2.45, 2.75) is 18.0 Å². The molecule has 3 heterocycles. The first-order valence-electron chi connectivity index (χ1n) is 10.7. The number of thiocarbonyl (C=S) groups is 1. The molecule has 8 nitrogen and oxygen atoms in total. The number of pyridine rings is 2. The summed E-state index contributed by atoms with van der Waals surface area (Å²) >= 11 is 5.32. The van der Waals surface area contributed by atoms with E-state index in [9.17, 15) is 8.42 Å². The highest BCUT2D eigenvalue weighted by Crippen LogP contribution is 2.20. The second-order valence-electron chi connectivity index (χ2n) is 7.69. The molecule has 0 saturated carbocycles. The highest BCUT2D eigenvalue weighted by Gasteiger charge is 2.28. The van der Waals surface area contributed by atoms with E-state index in [0.717, 1.165) is 17.9 Å². The van der Waals surface area contributed by atoms with Crippen LogP contribution in [0.4, 0.5) is 5.69 Å². The molecule has 33 heavy (non-hydrogen) atoms. The van der Waals surface area contributed by atoms with Gasteiger partial charge in [0.15, 0.2) is 5.11 Å². The second kappa shape index (κ2) is 10.8. The predicted molar refractivity (Wildman–Crippen MR) is 132 cm³/mol. The average molecular weight is 483 g/mol. The SMILES string of the molecule is O=S(=O)(c1ccc(NC(=S)NCc2ccccn2)cc1)N1CCN(Cc2ccncc2)CC1. The predicted octanol–water partition coefficient (Wildman–Crippen LogP) is 2.47. The molecule has 0 spiro atoms. The van der Waals surface area contributed by atoms with Crippen LogP contribution in [0.3, 0.4) is 0 Å². The maximum absolute atomic E-state index is 13.1. The van der Waals surface area contributed by atoms with Crippen molar-refractivity contribution in [1.29, 1.82) is 0 Å². The number of sulfonamides is 1. The Labute approximate surface area is 199 Å². The third-order valence-corrected chi connectivity index (χ3v) is 7.55. The Kier molecular flexibility index (Phi) is 7.61. The fourth-order valence-electron chi connectivity index (χ4n) is 3.58. The summed E-state index contributed by atoms with van der Waals surface area (Å²) in [4.78, 5) is 10.8. The number of nitrogens with one attached hydrogen (secondary N) is 2. The first-order valence-corrected chi connectivity index (χ1v) is 12.5. The first kappa shape index (κ1) is 23.2. The van der Waals surface area contributed by atoms with Crippen LogP contribution in [0.1, 0.15) is 11.3 Å². The summed E-state index contributed by atoms with van der Waals surface area (Å²) in [5.74, 6) is 0. The van der Waals surface area contributed by atoms with Crippen LogP contribution >= 0.6 is 12.2 Å². The molecule has 172 valence electrons. The van der Waals surface area contributed by atoms with Crippen LogP contribution in [-0.4, -0.2) is 58.9 Å². The van der Waals surface area contributed by atoms with Crippen LogP contribution in [0.15, 0.2) is 78.1 Å². The molecule has 4 rings (SSSR count). The Balaban J connectivity index is 1.29. The Morgan fingerprint density at radius 3 is 2.33 bits per heavy atom. The van der Waals surface area contributed by atoms with Gasteiger partial charge >= 0.3 is 0 Å².